The maximum atomic E-state index is 6.99. The Morgan fingerprint density at radius 1 is 0.327 bits per heavy atom. The summed E-state index contributed by atoms with van der Waals surface area (Å²) in [5.41, 5.74) is 7.04. The average Bonchev–Trinajstić information content (AvgIpc) is 3.73. The molecule has 10 aromatic rings. The summed E-state index contributed by atoms with van der Waals surface area (Å²) in [5, 5.41) is 10.2. The lowest BCUT2D eigenvalue weighted by Gasteiger charge is -2.40. The standard InChI is InChI=1S/C48H32N2OSi/c1-3-15-35(16-4-1)52(36-17-5-2-6-18-36)47-31-33(49-41-23-11-7-19-37(41)38-20-8-12-24-42(38)49)27-29-45(47)51-46-30-28-34(32-48(46)52)50-43-25-13-9-21-39(43)40-22-10-14-26-44(40)50/h1-32H. The van der Waals surface area contributed by atoms with Crippen LogP contribution in [0, 0.1) is 0 Å². The monoisotopic (exact) mass is 680 g/mol. The van der Waals surface area contributed by atoms with Gasteiger partial charge >= 0.3 is 0 Å². The minimum absolute atomic E-state index is 0.918. The number of hydrogen-bond donors (Lipinski definition) is 0. The molecule has 0 atom stereocenters. The summed E-state index contributed by atoms with van der Waals surface area (Å²) in [6.45, 7) is 0. The van der Waals surface area contributed by atoms with Crippen molar-refractivity contribution in [3.8, 4) is 22.9 Å². The van der Waals surface area contributed by atoms with Gasteiger partial charge in [-0.15, -0.1) is 0 Å². The molecule has 0 N–H and O–H groups in total. The van der Waals surface area contributed by atoms with Crippen molar-refractivity contribution in [2.45, 2.75) is 0 Å². The highest BCUT2D eigenvalue weighted by molar-refractivity contribution is 7.20. The number of hydrogen-bond acceptors (Lipinski definition) is 1. The third-order valence-corrected chi connectivity index (χ3v) is 15.8. The number of fused-ring (bicyclic) bond motifs is 8. The van der Waals surface area contributed by atoms with Crippen molar-refractivity contribution in [3.63, 3.8) is 0 Å². The molecule has 0 unspecified atom stereocenters. The number of nitrogens with zero attached hydrogens (tertiary/aromatic N) is 2. The van der Waals surface area contributed by atoms with E-state index in [1.807, 2.05) is 0 Å². The van der Waals surface area contributed by atoms with Crippen molar-refractivity contribution >= 4 is 72.4 Å². The van der Waals surface area contributed by atoms with E-state index < -0.39 is 8.07 Å². The first-order valence-corrected chi connectivity index (χ1v) is 19.9. The van der Waals surface area contributed by atoms with Crippen molar-refractivity contribution in [1.29, 1.82) is 0 Å². The lowest BCUT2D eigenvalue weighted by molar-refractivity contribution is 0.487. The van der Waals surface area contributed by atoms with E-state index in [1.54, 1.807) is 0 Å². The first-order valence-electron chi connectivity index (χ1n) is 17.9. The molecule has 3 nitrogen and oxygen atoms in total. The van der Waals surface area contributed by atoms with Crippen molar-refractivity contribution in [2.24, 2.45) is 0 Å². The number of rotatable bonds is 4. The summed E-state index contributed by atoms with van der Waals surface area (Å²) in [6.07, 6.45) is 0. The van der Waals surface area contributed by atoms with Gasteiger partial charge in [0.25, 0.3) is 0 Å². The first kappa shape index (κ1) is 29.1. The van der Waals surface area contributed by atoms with Gasteiger partial charge in [0.15, 0.2) is 8.07 Å². The maximum Gasteiger partial charge on any atom is 0.188 e. The van der Waals surface area contributed by atoms with E-state index in [0.717, 1.165) is 22.9 Å². The summed E-state index contributed by atoms with van der Waals surface area (Å²) in [6, 6.07) is 71.0. The second-order valence-electron chi connectivity index (χ2n) is 13.7. The van der Waals surface area contributed by atoms with Gasteiger partial charge < -0.3 is 13.9 Å². The highest BCUT2D eigenvalue weighted by atomic mass is 28.3. The van der Waals surface area contributed by atoms with Crippen LogP contribution >= 0.6 is 0 Å². The Bertz CT molecular complexity index is 2680. The van der Waals surface area contributed by atoms with Crippen LogP contribution in [0.4, 0.5) is 0 Å². The van der Waals surface area contributed by atoms with Crippen LogP contribution in [0.2, 0.25) is 0 Å². The molecular formula is C48H32N2OSi. The zero-order valence-electron chi connectivity index (χ0n) is 28.3. The van der Waals surface area contributed by atoms with E-state index in [2.05, 4.69) is 203 Å². The van der Waals surface area contributed by atoms with Crippen molar-refractivity contribution in [2.75, 3.05) is 0 Å². The molecule has 0 saturated carbocycles. The van der Waals surface area contributed by atoms with Crippen LogP contribution in [0.3, 0.4) is 0 Å². The number of aromatic nitrogens is 2. The van der Waals surface area contributed by atoms with E-state index in [4.69, 9.17) is 4.74 Å². The third-order valence-electron chi connectivity index (χ3n) is 11.0. The van der Waals surface area contributed by atoms with Crippen LogP contribution in [-0.2, 0) is 0 Å². The van der Waals surface area contributed by atoms with Crippen LogP contribution < -0.4 is 25.5 Å². The van der Waals surface area contributed by atoms with E-state index in [-0.39, 0.29) is 0 Å². The fourth-order valence-electron chi connectivity index (χ4n) is 8.91. The molecule has 8 aromatic carbocycles. The summed E-state index contributed by atoms with van der Waals surface area (Å²) in [5.74, 6) is 1.84. The molecule has 52 heavy (non-hydrogen) atoms. The van der Waals surface area contributed by atoms with Crippen LogP contribution in [0.15, 0.2) is 194 Å². The van der Waals surface area contributed by atoms with E-state index in [0.29, 0.717) is 0 Å². The smallest absolute Gasteiger partial charge is 0.188 e. The van der Waals surface area contributed by atoms with Gasteiger partial charge in [0.05, 0.1) is 22.1 Å². The van der Waals surface area contributed by atoms with Gasteiger partial charge in [0, 0.05) is 32.9 Å². The molecule has 0 saturated heterocycles. The second kappa shape index (κ2) is 11.2. The molecule has 0 amide bonds. The van der Waals surface area contributed by atoms with Crippen LogP contribution in [0.1, 0.15) is 0 Å². The molecule has 3 heterocycles. The molecule has 0 spiro atoms. The zero-order valence-corrected chi connectivity index (χ0v) is 29.3. The minimum atomic E-state index is -2.99. The zero-order chi connectivity index (χ0) is 34.2. The van der Waals surface area contributed by atoms with Crippen molar-refractivity contribution < 1.29 is 4.74 Å². The molecule has 0 fully saturated rings. The van der Waals surface area contributed by atoms with Crippen LogP contribution in [0.25, 0.3) is 55.0 Å². The molecule has 244 valence electrons. The van der Waals surface area contributed by atoms with Crippen molar-refractivity contribution in [3.05, 3.63) is 194 Å². The van der Waals surface area contributed by atoms with Crippen LogP contribution in [-0.4, -0.2) is 17.2 Å². The fraction of sp³-hybridized carbons (Fsp3) is 0. The second-order valence-corrected chi connectivity index (χ2v) is 17.4. The lowest BCUT2D eigenvalue weighted by Crippen LogP contribution is -2.76. The van der Waals surface area contributed by atoms with E-state index >= 15 is 0 Å². The molecule has 2 aromatic heterocycles. The number of ether oxygens (including phenoxy) is 1. The van der Waals surface area contributed by atoms with Gasteiger partial charge in [-0.05, 0) is 81.4 Å². The SMILES string of the molecule is c1ccc([Si]2(c3ccccc3)c3cc(-n4c5ccccc5c5ccccc54)ccc3Oc3ccc(-n4c5ccccc5c5ccccc54)cc32)cc1. The predicted molar refractivity (Wildman–Crippen MR) is 219 cm³/mol. The van der Waals surface area contributed by atoms with Gasteiger partial charge in [0.2, 0.25) is 0 Å². The van der Waals surface area contributed by atoms with Gasteiger partial charge in [-0.3, -0.25) is 0 Å². The lowest BCUT2D eigenvalue weighted by atomic mass is 10.2. The minimum Gasteiger partial charge on any atom is -0.458 e. The molecule has 4 heteroatoms. The summed E-state index contributed by atoms with van der Waals surface area (Å²) in [7, 11) is -2.99. The van der Waals surface area contributed by atoms with Gasteiger partial charge in [0.1, 0.15) is 11.5 Å². The molecule has 0 bridgehead atoms. The summed E-state index contributed by atoms with van der Waals surface area (Å²) >= 11 is 0. The Morgan fingerprint density at radius 2 is 0.654 bits per heavy atom. The Morgan fingerprint density at radius 3 is 1.02 bits per heavy atom. The molecule has 1 aliphatic heterocycles. The van der Waals surface area contributed by atoms with Gasteiger partial charge in [-0.25, -0.2) is 0 Å². The highest BCUT2D eigenvalue weighted by Gasteiger charge is 2.48. The normalized spacial score (nSPS) is 13.3. The Hall–Kier alpha value is -6.62. The Labute approximate surface area is 302 Å². The molecule has 0 aliphatic carbocycles. The van der Waals surface area contributed by atoms with Gasteiger partial charge in [-0.1, -0.05) is 133 Å². The maximum absolute atomic E-state index is 6.99. The largest absolute Gasteiger partial charge is 0.458 e. The molecular weight excluding hydrogens is 649 g/mol. The summed E-state index contributed by atoms with van der Waals surface area (Å²) < 4.78 is 11.8. The fourth-order valence-corrected chi connectivity index (χ4v) is 13.9. The van der Waals surface area contributed by atoms with E-state index in [9.17, 15) is 0 Å². The van der Waals surface area contributed by atoms with Crippen LogP contribution in [0.5, 0.6) is 11.5 Å². The average molecular weight is 681 g/mol. The molecule has 1 aliphatic rings. The number of benzene rings is 8. The molecule has 11 rings (SSSR count). The summed E-state index contributed by atoms with van der Waals surface area (Å²) in [4.78, 5) is 0. The quantitative estimate of drug-likeness (QED) is 0.170. The first-order chi connectivity index (χ1) is 25.8. The Kier molecular flexibility index (Phi) is 6.27. The Balaban J connectivity index is 1.25. The molecule has 0 radical (unpaired) electrons. The predicted octanol–water partition coefficient (Wildman–Crippen LogP) is 9.36. The van der Waals surface area contributed by atoms with Crippen molar-refractivity contribution in [1.82, 2.24) is 9.13 Å². The van der Waals surface area contributed by atoms with Gasteiger partial charge in [-0.2, -0.15) is 0 Å². The third kappa shape index (κ3) is 4.01. The van der Waals surface area contributed by atoms with E-state index in [1.165, 1.54) is 64.4 Å². The topological polar surface area (TPSA) is 19.1 Å². The highest BCUT2D eigenvalue weighted by Crippen LogP contribution is 2.37. The number of para-hydroxylation sites is 4.